The quantitative estimate of drug-likeness (QED) is 0.492. The molecule has 0 radical (unpaired) electrons. The largest absolute Gasteiger partial charge is 0.449 e. The highest BCUT2D eigenvalue weighted by atomic mass is 35.5. The van der Waals surface area contributed by atoms with E-state index in [0.717, 1.165) is 23.1 Å². The molecule has 0 N–H and O–H groups in total. The van der Waals surface area contributed by atoms with Crippen molar-refractivity contribution >= 4 is 33.9 Å². The summed E-state index contributed by atoms with van der Waals surface area (Å²) in [5.41, 5.74) is 2.05. The molecule has 0 atom stereocenters. The average Bonchev–Trinajstić information content (AvgIpc) is 3.28. The van der Waals surface area contributed by atoms with Crippen molar-refractivity contribution in [2.45, 2.75) is 19.3 Å². The van der Waals surface area contributed by atoms with Crippen LogP contribution in [0.3, 0.4) is 0 Å². The van der Waals surface area contributed by atoms with Crippen LogP contribution >= 0.6 is 22.9 Å². The maximum Gasteiger partial charge on any atom is 0.283 e. The van der Waals surface area contributed by atoms with Crippen LogP contribution in [-0.2, 0) is 12.8 Å². The molecule has 114 valence electrons. The van der Waals surface area contributed by atoms with Crippen molar-refractivity contribution in [3.63, 3.8) is 0 Å². The number of fused-ring (bicyclic) bond motifs is 2. The number of rotatable bonds is 2. The lowest BCUT2D eigenvalue weighted by atomic mass is 10.2. The second kappa shape index (κ2) is 4.94. The molecule has 1 aromatic carbocycles. The van der Waals surface area contributed by atoms with Gasteiger partial charge in [0.25, 0.3) is 11.8 Å². The van der Waals surface area contributed by atoms with Gasteiger partial charge in [-0.2, -0.15) is 0 Å². The number of furan rings is 1. The number of nitrogens with zero attached hydrogens (tertiary/aromatic N) is 2. The fourth-order valence-corrected chi connectivity index (χ4v) is 4.39. The summed E-state index contributed by atoms with van der Waals surface area (Å²) in [7, 11) is 0. The van der Waals surface area contributed by atoms with Gasteiger partial charge in [-0.25, -0.2) is 0 Å². The van der Waals surface area contributed by atoms with Crippen molar-refractivity contribution in [3.05, 3.63) is 45.8 Å². The zero-order valence-electron chi connectivity index (χ0n) is 12.0. The number of hydrogen-bond donors (Lipinski definition) is 0. The maximum atomic E-state index is 6.14. The minimum absolute atomic E-state index is 0.376. The molecule has 6 heteroatoms. The van der Waals surface area contributed by atoms with Gasteiger partial charge in [0.15, 0.2) is 11.3 Å². The Morgan fingerprint density at radius 2 is 1.96 bits per heavy atom. The van der Waals surface area contributed by atoms with Gasteiger partial charge in [-0.1, -0.05) is 23.7 Å². The third kappa shape index (κ3) is 2.11. The molecule has 23 heavy (non-hydrogen) atoms. The lowest BCUT2D eigenvalue weighted by molar-refractivity contribution is 0.543. The molecule has 0 bridgehead atoms. The lowest BCUT2D eigenvalue weighted by Gasteiger charge is -1.90. The van der Waals surface area contributed by atoms with E-state index in [2.05, 4.69) is 16.3 Å². The minimum Gasteiger partial charge on any atom is -0.449 e. The Hall–Kier alpha value is -2.11. The molecule has 0 amide bonds. The molecule has 3 heterocycles. The van der Waals surface area contributed by atoms with Gasteiger partial charge in [-0.15, -0.1) is 21.5 Å². The van der Waals surface area contributed by atoms with Gasteiger partial charge in [0.2, 0.25) is 0 Å². The molecule has 4 aromatic rings. The van der Waals surface area contributed by atoms with Gasteiger partial charge in [-0.05, 0) is 43.0 Å². The molecule has 0 spiro atoms. The number of thiophene rings is 1. The topological polar surface area (TPSA) is 52.1 Å². The summed E-state index contributed by atoms with van der Waals surface area (Å²) in [6.45, 7) is 0. The minimum atomic E-state index is 0.376. The van der Waals surface area contributed by atoms with Crippen LogP contribution in [0.25, 0.3) is 33.4 Å². The summed E-state index contributed by atoms with van der Waals surface area (Å²) in [6, 6.07) is 9.65. The van der Waals surface area contributed by atoms with E-state index < -0.39 is 0 Å². The van der Waals surface area contributed by atoms with Crippen LogP contribution in [0.2, 0.25) is 5.02 Å². The van der Waals surface area contributed by atoms with Gasteiger partial charge in [0.1, 0.15) is 0 Å². The summed E-state index contributed by atoms with van der Waals surface area (Å²) < 4.78 is 11.6. The first-order valence-electron chi connectivity index (χ1n) is 7.42. The van der Waals surface area contributed by atoms with Crippen LogP contribution in [0.15, 0.2) is 39.2 Å². The van der Waals surface area contributed by atoms with Crippen molar-refractivity contribution in [3.8, 4) is 22.4 Å². The number of benzene rings is 1. The van der Waals surface area contributed by atoms with Gasteiger partial charge in [0, 0.05) is 10.3 Å². The number of aromatic nitrogens is 2. The van der Waals surface area contributed by atoms with Crippen molar-refractivity contribution < 1.29 is 8.83 Å². The molecule has 0 fully saturated rings. The van der Waals surface area contributed by atoms with E-state index in [1.807, 2.05) is 18.2 Å². The Balaban J connectivity index is 1.56. The van der Waals surface area contributed by atoms with E-state index in [9.17, 15) is 0 Å². The Bertz CT molecular complexity index is 1010. The monoisotopic (exact) mass is 342 g/mol. The summed E-state index contributed by atoms with van der Waals surface area (Å²) >= 11 is 7.89. The fraction of sp³-hybridized carbons (Fsp3) is 0.176. The van der Waals surface area contributed by atoms with Crippen LogP contribution in [0, 0.1) is 0 Å². The maximum absolute atomic E-state index is 6.14. The third-order valence-electron chi connectivity index (χ3n) is 4.09. The third-order valence-corrected chi connectivity index (χ3v) is 5.61. The Kier molecular flexibility index (Phi) is 2.87. The highest BCUT2D eigenvalue weighted by molar-refractivity contribution is 7.15. The Morgan fingerprint density at radius 1 is 1.04 bits per heavy atom. The van der Waals surface area contributed by atoms with Crippen LogP contribution < -0.4 is 0 Å². The highest BCUT2D eigenvalue weighted by Gasteiger charge is 2.20. The van der Waals surface area contributed by atoms with E-state index >= 15 is 0 Å². The predicted octanol–water partition coefficient (Wildman–Crippen LogP) is 5.35. The SMILES string of the molecule is Clc1cccc2cc(-c3nnc(-c4cc5c(s4)CCC5)o3)oc12. The molecule has 5 rings (SSSR count). The molecular weight excluding hydrogens is 332 g/mol. The highest BCUT2D eigenvalue weighted by Crippen LogP contribution is 2.37. The zero-order chi connectivity index (χ0) is 15.4. The number of halogens is 1. The van der Waals surface area contributed by atoms with Crippen LogP contribution in [0.1, 0.15) is 16.9 Å². The molecule has 0 saturated heterocycles. The normalized spacial score (nSPS) is 13.8. The van der Waals surface area contributed by atoms with Crippen molar-refractivity contribution in [1.82, 2.24) is 10.2 Å². The van der Waals surface area contributed by atoms with E-state index in [1.165, 1.54) is 16.9 Å². The number of para-hydroxylation sites is 1. The van der Waals surface area contributed by atoms with E-state index in [1.54, 1.807) is 17.4 Å². The zero-order valence-corrected chi connectivity index (χ0v) is 13.6. The van der Waals surface area contributed by atoms with E-state index in [4.69, 9.17) is 20.4 Å². The van der Waals surface area contributed by atoms with Gasteiger partial charge < -0.3 is 8.83 Å². The molecule has 1 aliphatic carbocycles. The number of hydrogen-bond acceptors (Lipinski definition) is 5. The van der Waals surface area contributed by atoms with E-state index in [0.29, 0.717) is 28.1 Å². The summed E-state index contributed by atoms with van der Waals surface area (Å²) in [5, 5.41) is 9.78. The van der Waals surface area contributed by atoms with Crippen molar-refractivity contribution in [1.29, 1.82) is 0 Å². The van der Waals surface area contributed by atoms with Gasteiger partial charge >= 0.3 is 0 Å². The van der Waals surface area contributed by atoms with Gasteiger partial charge in [-0.3, -0.25) is 0 Å². The summed E-state index contributed by atoms with van der Waals surface area (Å²) in [4.78, 5) is 2.47. The smallest absolute Gasteiger partial charge is 0.283 e. The summed E-state index contributed by atoms with van der Waals surface area (Å²) in [5.74, 6) is 1.46. The Labute approximate surface area is 140 Å². The fourth-order valence-electron chi connectivity index (χ4n) is 2.99. The second-order valence-corrected chi connectivity index (χ2v) is 7.14. The summed E-state index contributed by atoms with van der Waals surface area (Å²) in [6.07, 6.45) is 3.55. The average molecular weight is 343 g/mol. The standard InChI is InChI=1S/C17H11ClN2O2S/c18-11-5-1-4-10-7-12(21-15(10)11)16-19-20-17(22-16)14-8-9-3-2-6-13(9)23-14/h1,4-5,7-8H,2-3,6H2. The molecule has 0 unspecified atom stereocenters. The molecule has 0 aliphatic heterocycles. The molecule has 4 nitrogen and oxygen atoms in total. The molecule has 0 saturated carbocycles. The molecule has 3 aromatic heterocycles. The first-order valence-corrected chi connectivity index (χ1v) is 8.61. The first kappa shape index (κ1) is 13.3. The first-order chi connectivity index (χ1) is 11.3. The molecule has 1 aliphatic rings. The lowest BCUT2D eigenvalue weighted by Crippen LogP contribution is -1.74. The van der Waals surface area contributed by atoms with Crippen LogP contribution in [0.5, 0.6) is 0 Å². The predicted molar refractivity (Wildman–Crippen MR) is 89.9 cm³/mol. The second-order valence-electron chi connectivity index (χ2n) is 5.59. The van der Waals surface area contributed by atoms with Crippen LogP contribution in [-0.4, -0.2) is 10.2 Å². The van der Waals surface area contributed by atoms with Gasteiger partial charge in [0.05, 0.1) is 9.90 Å². The number of aryl methyl sites for hydroxylation is 2. The Morgan fingerprint density at radius 3 is 2.83 bits per heavy atom. The van der Waals surface area contributed by atoms with Crippen LogP contribution in [0.4, 0.5) is 0 Å². The van der Waals surface area contributed by atoms with Crippen molar-refractivity contribution in [2.75, 3.05) is 0 Å². The van der Waals surface area contributed by atoms with Crippen molar-refractivity contribution in [2.24, 2.45) is 0 Å². The molecular formula is C17H11ClN2O2S. The van der Waals surface area contributed by atoms with E-state index in [-0.39, 0.29) is 0 Å².